The van der Waals surface area contributed by atoms with Gasteiger partial charge >= 0.3 is 5.69 Å². The quantitative estimate of drug-likeness (QED) is 0.608. The molecule has 0 radical (unpaired) electrons. The summed E-state index contributed by atoms with van der Waals surface area (Å²) in [6.07, 6.45) is 2.76. The molecule has 0 saturated heterocycles. The zero-order chi connectivity index (χ0) is 14.0. The zero-order valence-corrected chi connectivity index (χ0v) is 10.6. The van der Waals surface area contributed by atoms with Crippen molar-refractivity contribution in [3.8, 4) is 0 Å². The molecule has 1 aliphatic rings. The van der Waals surface area contributed by atoms with Gasteiger partial charge in [0.1, 0.15) is 0 Å². The second-order valence-corrected chi connectivity index (χ2v) is 4.65. The van der Waals surface area contributed by atoms with Crippen molar-refractivity contribution in [2.45, 2.75) is 32.2 Å². The van der Waals surface area contributed by atoms with E-state index in [1.807, 2.05) is 6.92 Å². The molecule has 0 N–H and O–H groups in total. The van der Waals surface area contributed by atoms with Gasteiger partial charge in [-0.1, -0.05) is 6.92 Å². The first-order valence-electron chi connectivity index (χ1n) is 6.29. The minimum absolute atomic E-state index is 0.174. The fraction of sp³-hybridized carbons (Fsp3) is 0.462. The Kier molecular flexibility index (Phi) is 3.78. The highest BCUT2D eigenvalue weighted by molar-refractivity contribution is 5.95. The maximum Gasteiger partial charge on any atom is 0.305 e. The number of amides is 1. The summed E-state index contributed by atoms with van der Waals surface area (Å²) >= 11 is 0. The van der Waals surface area contributed by atoms with Crippen molar-refractivity contribution in [3.63, 3.8) is 0 Å². The number of nitro groups is 1. The Morgan fingerprint density at radius 1 is 1.53 bits per heavy atom. The molecule has 0 atom stereocenters. The van der Waals surface area contributed by atoms with E-state index in [1.54, 1.807) is 4.90 Å². The van der Waals surface area contributed by atoms with E-state index in [-0.39, 0.29) is 17.5 Å². The highest BCUT2D eigenvalue weighted by Crippen LogP contribution is 2.29. The molecule has 0 aliphatic heterocycles. The Morgan fingerprint density at radius 2 is 2.21 bits per heavy atom. The molecule has 1 amide bonds. The number of hydrogen-bond donors (Lipinski definition) is 0. The molecule has 1 aromatic carbocycles. The van der Waals surface area contributed by atoms with Crippen molar-refractivity contribution < 1.29 is 14.1 Å². The smallest absolute Gasteiger partial charge is 0.305 e. The van der Waals surface area contributed by atoms with Crippen LogP contribution in [-0.4, -0.2) is 28.3 Å². The first-order chi connectivity index (χ1) is 9.04. The van der Waals surface area contributed by atoms with Crippen molar-refractivity contribution in [1.82, 2.24) is 4.90 Å². The van der Waals surface area contributed by atoms with Gasteiger partial charge in [-0.05, 0) is 31.4 Å². The number of benzene rings is 1. The summed E-state index contributed by atoms with van der Waals surface area (Å²) in [5.74, 6) is -1.18. The van der Waals surface area contributed by atoms with Crippen molar-refractivity contribution in [1.29, 1.82) is 0 Å². The highest BCUT2D eigenvalue weighted by Gasteiger charge is 2.33. The Hall–Kier alpha value is -1.98. The van der Waals surface area contributed by atoms with Crippen molar-refractivity contribution in [3.05, 3.63) is 39.7 Å². The second-order valence-electron chi connectivity index (χ2n) is 4.65. The number of rotatable bonds is 5. The zero-order valence-electron chi connectivity index (χ0n) is 10.6. The molecule has 0 unspecified atom stereocenters. The van der Waals surface area contributed by atoms with Crippen LogP contribution in [-0.2, 0) is 0 Å². The minimum atomic E-state index is -0.921. The SMILES string of the molecule is CCCN(C(=O)c1ccc(F)c([N+](=O)[O-])c1)C1CC1. The van der Waals surface area contributed by atoms with Crippen LogP contribution in [0.15, 0.2) is 18.2 Å². The molecule has 0 heterocycles. The van der Waals surface area contributed by atoms with Gasteiger partial charge in [0.2, 0.25) is 5.82 Å². The molecule has 1 saturated carbocycles. The van der Waals surface area contributed by atoms with E-state index >= 15 is 0 Å². The summed E-state index contributed by atoms with van der Waals surface area (Å²) in [4.78, 5) is 23.9. The average Bonchev–Trinajstić information content (AvgIpc) is 3.19. The van der Waals surface area contributed by atoms with Gasteiger partial charge < -0.3 is 4.90 Å². The molecule has 0 aromatic heterocycles. The van der Waals surface area contributed by atoms with Gasteiger partial charge in [-0.2, -0.15) is 4.39 Å². The normalized spacial score (nSPS) is 14.2. The van der Waals surface area contributed by atoms with Gasteiger partial charge in [-0.25, -0.2) is 0 Å². The molecule has 19 heavy (non-hydrogen) atoms. The Morgan fingerprint density at radius 3 is 2.74 bits per heavy atom. The van der Waals surface area contributed by atoms with Gasteiger partial charge in [0, 0.05) is 24.2 Å². The Balaban J connectivity index is 2.27. The fourth-order valence-corrected chi connectivity index (χ4v) is 2.03. The van der Waals surface area contributed by atoms with Gasteiger partial charge in [-0.15, -0.1) is 0 Å². The molecule has 0 spiro atoms. The third-order valence-corrected chi connectivity index (χ3v) is 3.10. The van der Waals surface area contributed by atoms with Crippen LogP contribution in [0.3, 0.4) is 0 Å². The van der Waals surface area contributed by atoms with Crippen LogP contribution < -0.4 is 0 Å². The molecule has 1 aliphatic carbocycles. The predicted molar refractivity (Wildman–Crippen MR) is 67.4 cm³/mol. The lowest BCUT2D eigenvalue weighted by atomic mass is 10.1. The molecule has 102 valence electrons. The van der Waals surface area contributed by atoms with E-state index in [2.05, 4.69) is 0 Å². The van der Waals surface area contributed by atoms with E-state index in [9.17, 15) is 19.3 Å². The average molecular weight is 266 g/mol. The van der Waals surface area contributed by atoms with Crippen LogP contribution in [0, 0.1) is 15.9 Å². The number of carbonyl (C=O) groups excluding carboxylic acids is 1. The van der Waals surface area contributed by atoms with E-state index in [0.29, 0.717) is 6.54 Å². The lowest BCUT2D eigenvalue weighted by molar-refractivity contribution is -0.387. The maximum atomic E-state index is 13.2. The van der Waals surface area contributed by atoms with Crippen molar-refractivity contribution in [2.24, 2.45) is 0 Å². The first kappa shape index (κ1) is 13.5. The van der Waals surface area contributed by atoms with Crippen LogP contribution in [0.2, 0.25) is 0 Å². The summed E-state index contributed by atoms with van der Waals surface area (Å²) < 4.78 is 13.2. The molecular weight excluding hydrogens is 251 g/mol. The maximum absolute atomic E-state index is 13.2. The van der Waals surface area contributed by atoms with Gasteiger partial charge in [0.15, 0.2) is 0 Å². The van der Waals surface area contributed by atoms with E-state index in [4.69, 9.17) is 0 Å². The second kappa shape index (κ2) is 5.34. The summed E-state index contributed by atoms with van der Waals surface area (Å²) in [5.41, 5.74) is -0.480. The minimum Gasteiger partial charge on any atom is -0.336 e. The van der Waals surface area contributed by atoms with Crippen LogP contribution in [0.5, 0.6) is 0 Å². The summed E-state index contributed by atoms with van der Waals surface area (Å²) in [6, 6.07) is 3.53. The molecule has 2 rings (SSSR count). The van der Waals surface area contributed by atoms with Crippen LogP contribution in [0.1, 0.15) is 36.5 Å². The first-order valence-corrected chi connectivity index (χ1v) is 6.29. The number of hydrogen-bond acceptors (Lipinski definition) is 3. The third-order valence-electron chi connectivity index (χ3n) is 3.10. The number of carbonyl (C=O) groups is 1. The van der Waals surface area contributed by atoms with Crippen LogP contribution >= 0.6 is 0 Å². The highest BCUT2D eigenvalue weighted by atomic mass is 19.1. The number of nitro benzene ring substituents is 1. The lowest BCUT2D eigenvalue weighted by Gasteiger charge is -2.21. The van der Waals surface area contributed by atoms with E-state index < -0.39 is 16.4 Å². The topological polar surface area (TPSA) is 63.5 Å². The molecule has 1 fully saturated rings. The third kappa shape index (κ3) is 2.89. The van der Waals surface area contributed by atoms with Gasteiger partial charge in [0.05, 0.1) is 4.92 Å². The van der Waals surface area contributed by atoms with Gasteiger partial charge in [-0.3, -0.25) is 14.9 Å². The number of halogens is 1. The standard InChI is InChI=1S/C13H15FN2O3/c1-2-7-15(10-4-5-10)13(17)9-3-6-11(14)12(8-9)16(18)19/h3,6,8,10H,2,4-5,7H2,1H3. The molecular formula is C13H15FN2O3. The fourth-order valence-electron chi connectivity index (χ4n) is 2.03. The molecule has 0 bridgehead atoms. The van der Waals surface area contributed by atoms with E-state index in [1.165, 1.54) is 6.07 Å². The van der Waals surface area contributed by atoms with E-state index in [0.717, 1.165) is 31.4 Å². The summed E-state index contributed by atoms with van der Waals surface area (Å²) in [6.45, 7) is 2.59. The predicted octanol–water partition coefficient (Wildman–Crippen LogP) is 2.75. The molecule has 6 heteroatoms. The largest absolute Gasteiger partial charge is 0.336 e. The summed E-state index contributed by atoms with van der Waals surface area (Å²) in [5, 5.41) is 10.7. The van der Waals surface area contributed by atoms with Crippen molar-refractivity contribution >= 4 is 11.6 Å². The monoisotopic (exact) mass is 266 g/mol. The Labute approximate surface area is 110 Å². The van der Waals surface area contributed by atoms with Crippen molar-refractivity contribution in [2.75, 3.05) is 6.54 Å². The lowest BCUT2D eigenvalue weighted by Crippen LogP contribution is -2.33. The summed E-state index contributed by atoms with van der Waals surface area (Å²) in [7, 11) is 0. The molecule has 5 nitrogen and oxygen atoms in total. The Bertz CT molecular complexity index is 515. The van der Waals surface area contributed by atoms with Gasteiger partial charge in [0.25, 0.3) is 5.91 Å². The van der Waals surface area contributed by atoms with Crippen LogP contribution in [0.25, 0.3) is 0 Å². The van der Waals surface area contributed by atoms with Crippen LogP contribution in [0.4, 0.5) is 10.1 Å². The molecule has 1 aromatic rings. The number of nitrogens with zero attached hydrogens (tertiary/aromatic N) is 2.